The summed E-state index contributed by atoms with van der Waals surface area (Å²) in [5.74, 6) is 0.614. The van der Waals surface area contributed by atoms with Crippen LogP contribution in [0, 0.1) is 39.8 Å². The molecule has 21 heavy (non-hydrogen) atoms. The number of fused-ring (bicyclic) bond motifs is 2. The summed E-state index contributed by atoms with van der Waals surface area (Å²) in [6, 6.07) is 10.4. The molecular weight excluding hydrogens is 509 g/mol. The van der Waals surface area contributed by atoms with Crippen LogP contribution in [0.1, 0.15) is 22.3 Å². The molecule has 0 saturated carbocycles. The van der Waals surface area contributed by atoms with E-state index in [2.05, 4.69) is 12.1 Å². The van der Waals surface area contributed by atoms with Crippen LogP contribution >= 0.6 is 0 Å². The molecule has 0 atom stereocenters. The minimum atomic E-state index is 0. The van der Waals surface area contributed by atoms with Gasteiger partial charge in [0.25, 0.3) is 0 Å². The largest absolute Gasteiger partial charge is 0.551 e. The molecule has 0 saturated heterocycles. The van der Waals surface area contributed by atoms with Gasteiger partial charge in [0.1, 0.15) is 0 Å². The quantitative estimate of drug-likeness (QED) is 0.333. The van der Waals surface area contributed by atoms with Gasteiger partial charge in [0.05, 0.1) is 5.76 Å². The summed E-state index contributed by atoms with van der Waals surface area (Å²) in [6.07, 6.45) is 0. The van der Waals surface area contributed by atoms with Crippen molar-refractivity contribution in [1.82, 2.24) is 0 Å². The Hall–Kier alpha value is -0.298. The molecule has 0 aromatic heterocycles. The third-order valence-corrected chi connectivity index (χ3v) is 3.62. The first-order chi connectivity index (χ1) is 8.97. The second-order valence-corrected chi connectivity index (χ2v) is 5.07. The van der Waals surface area contributed by atoms with Crippen LogP contribution in [0.15, 0.2) is 21.3 Å². The van der Waals surface area contributed by atoms with Crippen molar-refractivity contribution >= 4 is 11.0 Å². The molecule has 2 nitrogen and oxygen atoms in total. The van der Waals surface area contributed by atoms with Crippen LogP contribution in [0.4, 0.5) is 0 Å². The maximum Gasteiger partial charge on any atom is 0.173 e. The molecule has 1 aliphatic carbocycles. The number of benzene rings is 2. The summed E-state index contributed by atoms with van der Waals surface area (Å²) in [7, 11) is 0. The SMILES string of the molecule is Cc1[c-]c2oc3c(C)c(=O)c(C)cc-3[c-]c2cc1C.[W].[Y]. The molecule has 1 aromatic carbocycles. The van der Waals surface area contributed by atoms with Crippen molar-refractivity contribution in [2.75, 3.05) is 0 Å². The van der Waals surface area contributed by atoms with Crippen molar-refractivity contribution in [3.63, 3.8) is 0 Å². The zero-order valence-electron chi connectivity index (χ0n) is 12.5. The maximum atomic E-state index is 12.0. The predicted molar refractivity (Wildman–Crippen MR) is 75.7 cm³/mol. The van der Waals surface area contributed by atoms with Gasteiger partial charge in [0.2, 0.25) is 0 Å². The Labute approximate surface area is 163 Å². The summed E-state index contributed by atoms with van der Waals surface area (Å²) >= 11 is 0. The van der Waals surface area contributed by atoms with Gasteiger partial charge in [-0.05, 0) is 19.4 Å². The summed E-state index contributed by atoms with van der Waals surface area (Å²) in [6.45, 7) is 7.65. The van der Waals surface area contributed by atoms with Gasteiger partial charge >= 0.3 is 0 Å². The Morgan fingerprint density at radius 1 is 1.00 bits per heavy atom. The van der Waals surface area contributed by atoms with Crippen LogP contribution in [-0.4, -0.2) is 0 Å². The first kappa shape index (κ1) is 18.8. The van der Waals surface area contributed by atoms with E-state index < -0.39 is 0 Å². The summed E-state index contributed by atoms with van der Waals surface area (Å²) in [5, 5.41) is 0.896. The summed E-state index contributed by atoms with van der Waals surface area (Å²) in [5.41, 5.74) is 5.11. The van der Waals surface area contributed by atoms with Crippen molar-refractivity contribution in [3.05, 3.63) is 56.7 Å². The third-order valence-electron chi connectivity index (χ3n) is 3.62. The Bertz CT molecular complexity index is 836. The van der Waals surface area contributed by atoms with Gasteiger partial charge in [-0.1, -0.05) is 25.0 Å². The van der Waals surface area contributed by atoms with Crippen LogP contribution in [0.2, 0.25) is 0 Å². The molecule has 0 amide bonds. The minimum absolute atomic E-state index is 0. The molecule has 2 aliphatic rings. The molecule has 0 unspecified atom stereocenters. The fraction of sp³-hybridized carbons (Fsp3) is 0.235. The first-order valence-electron chi connectivity index (χ1n) is 6.27. The predicted octanol–water partition coefficient (Wildman–Crippen LogP) is 3.73. The van der Waals surface area contributed by atoms with Gasteiger partial charge in [0.15, 0.2) is 5.43 Å². The number of rotatable bonds is 0. The van der Waals surface area contributed by atoms with Crippen molar-refractivity contribution in [1.29, 1.82) is 0 Å². The van der Waals surface area contributed by atoms with E-state index in [0.29, 0.717) is 16.9 Å². The van der Waals surface area contributed by atoms with E-state index in [9.17, 15) is 4.79 Å². The Balaban J connectivity index is 0.00000110. The molecule has 4 heteroatoms. The van der Waals surface area contributed by atoms with Gasteiger partial charge in [-0.25, -0.2) is 6.07 Å². The Morgan fingerprint density at radius 3 is 2.33 bits per heavy atom. The van der Waals surface area contributed by atoms with Crippen molar-refractivity contribution in [3.8, 4) is 11.3 Å². The van der Waals surface area contributed by atoms with Gasteiger partial charge in [-0.3, -0.25) is 4.79 Å². The number of hydrogen-bond donors (Lipinski definition) is 0. The average molecular weight is 523 g/mol. The molecule has 1 aliphatic heterocycles. The van der Waals surface area contributed by atoms with Crippen LogP contribution in [0.5, 0.6) is 0 Å². The number of aryl methyl sites for hydroxylation is 3. The van der Waals surface area contributed by atoms with Crippen molar-refractivity contribution in [2.24, 2.45) is 0 Å². The maximum absolute atomic E-state index is 12.0. The monoisotopic (exact) mass is 523 g/mol. The van der Waals surface area contributed by atoms with Crippen molar-refractivity contribution in [2.45, 2.75) is 27.7 Å². The molecule has 1 radical (unpaired) electrons. The standard InChI is InChI=1S/C17H14O2.W.Y/c1-9-5-13-8-14-6-11(3)16(18)12(4)17(14)19-15(13)7-10(9)2;;/h5-6H,1-4H3;;/q-2;;. The Morgan fingerprint density at radius 2 is 1.67 bits per heavy atom. The molecule has 105 valence electrons. The summed E-state index contributed by atoms with van der Waals surface area (Å²) < 4.78 is 5.86. The zero-order chi connectivity index (χ0) is 13.7. The summed E-state index contributed by atoms with van der Waals surface area (Å²) in [4.78, 5) is 12.0. The van der Waals surface area contributed by atoms with Gasteiger partial charge in [-0.15, -0.1) is 6.07 Å². The van der Waals surface area contributed by atoms with Crippen LogP contribution in [0.3, 0.4) is 0 Å². The first-order valence-corrected chi connectivity index (χ1v) is 6.27. The Kier molecular flexibility index (Phi) is 6.12. The average Bonchev–Trinajstić information content (AvgIpc) is 2.37. The smallest absolute Gasteiger partial charge is 0.173 e. The molecule has 1 aromatic rings. The van der Waals surface area contributed by atoms with E-state index in [0.717, 1.165) is 27.6 Å². The molecule has 0 N–H and O–H groups in total. The van der Waals surface area contributed by atoms with E-state index >= 15 is 0 Å². The van der Waals surface area contributed by atoms with E-state index in [1.807, 2.05) is 32.9 Å². The van der Waals surface area contributed by atoms with E-state index in [1.165, 1.54) is 0 Å². The van der Waals surface area contributed by atoms with E-state index in [1.54, 1.807) is 6.92 Å². The minimum Gasteiger partial charge on any atom is -0.551 e. The molecule has 3 rings (SSSR count). The van der Waals surface area contributed by atoms with Gasteiger partial charge in [-0.2, -0.15) is 28.6 Å². The van der Waals surface area contributed by atoms with E-state index in [4.69, 9.17) is 4.42 Å². The zero-order valence-corrected chi connectivity index (χ0v) is 18.2. The molecule has 0 spiro atoms. The topological polar surface area (TPSA) is 30.2 Å². The molecule has 0 fully saturated rings. The normalized spacial score (nSPS) is 10.3. The second-order valence-electron chi connectivity index (χ2n) is 5.07. The fourth-order valence-corrected chi connectivity index (χ4v) is 2.32. The second kappa shape index (κ2) is 6.86. The van der Waals surface area contributed by atoms with E-state index in [-0.39, 0.29) is 59.2 Å². The van der Waals surface area contributed by atoms with Crippen LogP contribution in [0.25, 0.3) is 22.3 Å². The fourth-order valence-electron chi connectivity index (χ4n) is 2.32. The molecule has 1 heterocycles. The third kappa shape index (κ3) is 3.23. The van der Waals surface area contributed by atoms with Crippen LogP contribution < -0.4 is 5.43 Å². The van der Waals surface area contributed by atoms with Crippen LogP contribution in [-0.2, 0) is 53.8 Å². The number of hydrogen-bond acceptors (Lipinski definition) is 2. The van der Waals surface area contributed by atoms with Gasteiger partial charge in [0, 0.05) is 59.3 Å². The van der Waals surface area contributed by atoms with Crippen molar-refractivity contribution < 1.29 is 58.2 Å². The van der Waals surface area contributed by atoms with Gasteiger partial charge < -0.3 is 4.42 Å². The molecule has 0 bridgehead atoms. The molecular formula is C17H14O2WY-2.